The molecule has 0 amide bonds. The lowest BCUT2D eigenvalue weighted by Crippen LogP contribution is -2.19. The Labute approximate surface area is 137 Å². The zero-order valence-electron chi connectivity index (χ0n) is 12.9. The molecular weight excluding hydrogens is 322 g/mol. The van der Waals surface area contributed by atoms with Gasteiger partial charge >= 0.3 is 5.97 Å². The van der Waals surface area contributed by atoms with Gasteiger partial charge in [0.25, 0.3) is 0 Å². The van der Waals surface area contributed by atoms with E-state index < -0.39 is 29.7 Å². The van der Waals surface area contributed by atoms with E-state index in [-0.39, 0.29) is 12.3 Å². The molecule has 2 aromatic rings. The SMILES string of the molecule is COC[C@@H](N)c1ncc(F)cc1F.O=C(O)[C@H](O)c1ccccc1. The minimum Gasteiger partial charge on any atom is -0.479 e. The molecule has 0 saturated carbocycles. The van der Waals surface area contributed by atoms with Crippen molar-refractivity contribution in [2.24, 2.45) is 5.73 Å². The predicted molar refractivity (Wildman–Crippen MR) is 82.0 cm³/mol. The van der Waals surface area contributed by atoms with Gasteiger partial charge in [0.05, 0.1) is 24.5 Å². The summed E-state index contributed by atoms with van der Waals surface area (Å²) in [6.07, 6.45) is -0.482. The van der Waals surface area contributed by atoms with Gasteiger partial charge in [-0.3, -0.25) is 4.98 Å². The van der Waals surface area contributed by atoms with E-state index in [0.717, 1.165) is 12.3 Å². The zero-order chi connectivity index (χ0) is 18.1. The van der Waals surface area contributed by atoms with E-state index in [1.165, 1.54) is 7.11 Å². The van der Waals surface area contributed by atoms with Crippen molar-refractivity contribution in [3.63, 3.8) is 0 Å². The van der Waals surface area contributed by atoms with Gasteiger partial charge in [0.1, 0.15) is 11.6 Å². The highest BCUT2D eigenvalue weighted by Gasteiger charge is 2.14. The second-order valence-electron chi connectivity index (χ2n) is 4.73. The van der Waals surface area contributed by atoms with E-state index in [0.29, 0.717) is 5.56 Å². The summed E-state index contributed by atoms with van der Waals surface area (Å²) in [6.45, 7) is 0.148. The van der Waals surface area contributed by atoms with E-state index in [1.54, 1.807) is 30.3 Å². The van der Waals surface area contributed by atoms with Gasteiger partial charge < -0.3 is 20.7 Å². The number of aromatic nitrogens is 1. The molecular formula is C16H18F2N2O4. The van der Waals surface area contributed by atoms with E-state index in [4.69, 9.17) is 20.7 Å². The minimum absolute atomic E-state index is 0.0169. The van der Waals surface area contributed by atoms with Gasteiger partial charge in [-0.05, 0) is 5.56 Å². The normalized spacial score (nSPS) is 12.7. The number of hydrogen-bond donors (Lipinski definition) is 3. The number of hydrogen-bond acceptors (Lipinski definition) is 5. The number of aliphatic hydroxyl groups excluding tert-OH is 1. The molecule has 0 spiro atoms. The number of carbonyl (C=O) groups is 1. The fraction of sp³-hybridized carbons (Fsp3) is 0.250. The third kappa shape index (κ3) is 5.99. The second-order valence-corrected chi connectivity index (χ2v) is 4.73. The average Bonchev–Trinajstić information content (AvgIpc) is 2.55. The Morgan fingerprint density at radius 1 is 1.33 bits per heavy atom. The van der Waals surface area contributed by atoms with Crippen LogP contribution in [0.5, 0.6) is 0 Å². The van der Waals surface area contributed by atoms with Crippen LogP contribution in [0.4, 0.5) is 8.78 Å². The highest BCUT2D eigenvalue weighted by Crippen LogP contribution is 2.13. The molecule has 2 atom stereocenters. The Morgan fingerprint density at radius 3 is 2.46 bits per heavy atom. The molecule has 1 aromatic carbocycles. The smallest absolute Gasteiger partial charge is 0.337 e. The average molecular weight is 340 g/mol. The Balaban J connectivity index is 0.000000243. The number of carboxylic acids is 1. The Bertz CT molecular complexity index is 656. The molecule has 1 aromatic heterocycles. The third-order valence-corrected chi connectivity index (χ3v) is 2.88. The molecule has 6 nitrogen and oxygen atoms in total. The van der Waals surface area contributed by atoms with Crippen LogP contribution in [0.2, 0.25) is 0 Å². The molecule has 0 bridgehead atoms. The van der Waals surface area contributed by atoms with Crippen LogP contribution in [0.3, 0.4) is 0 Å². The van der Waals surface area contributed by atoms with Crippen molar-refractivity contribution in [3.8, 4) is 0 Å². The number of nitrogens with zero attached hydrogens (tertiary/aromatic N) is 1. The number of methoxy groups -OCH3 is 1. The molecule has 0 fully saturated rings. The maximum Gasteiger partial charge on any atom is 0.337 e. The van der Waals surface area contributed by atoms with Gasteiger partial charge in [-0.25, -0.2) is 13.6 Å². The van der Waals surface area contributed by atoms with Crippen LogP contribution in [0.25, 0.3) is 0 Å². The first kappa shape index (κ1) is 19.6. The first-order valence-electron chi connectivity index (χ1n) is 6.88. The fourth-order valence-corrected chi connectivity index (χ4v) is 1.73. The summed E-state index contributed by atoms with van der Waals surface area (Å²) in [6, 6.07) is 8.35. The summed E-state index contributed by atoms with van der Waals surface area (Å²) in [4.78, 5) is 13.8. The minimum atomic E-state index is -1.41. The summed E-state index contributed by atoms with van der Waals surface area (Å²) in [7, 11) is 1.45. The summed E-state index contributed by atoms with van der Waals surface area (Å²) in [5.41, 5.74) is 5.93. The number of carboxylic acid groups (broad SMARTS) is 1. The van der Waals surface area contributed by atoms with Gasteiger partial charge in [0.15, 0.2) is 6.10 Å². The Kier molecular flexibility index (Phi) is 7.90. The topological polar surface area (TPSA) is 106 Å². The Hall–Kier alpha value is -2.42. The second kappa shape index (κ2) is 9.66. The van der Waals surface area contributed by atoms with E-state index in [9.17, 15) is 13.6 Å². The van der Waals surface area contributed by atoms with Crippen molar-refractivity contribution in [1.29, 1.82) is 0 Å². The monoisotopic (exact) mass is 340 g/mol. The number of halogens is 2. The number of ether oxygens (including phenoxy) is 1. The van der Waals surface area contributed by atoms with Gasteiger partial charge in [-0.2, -0.15) is 0 Å². The van der Waals surface area contributed by atoms with Crippen molar-refractivity contribution >= 4 is 5.97 Å². The highest BCUT2D eigenvalue weighted by atomic mass is 19.1. The lowest BCUT2D eigenvalue weighted by molar-refractivity contribution is -0.146. The number of benzene rings is 1. The van der Waals surface area contributed by atoms with Crippen molar-refractivity contribution in [1.82, 2.24) is 4.98 Å². The molecule has 8 heteroatoms. The van der Waals surface area contributed by atoms with Crippen molar-refractivity contribution in [2.45, 2.75) is 12.1 Å². The molecule has 0 saturated heterocycles. The van der Waals surface area contributed by atoms with Crippen LogP contribution in [-0.4, -0.2) is 34.9 Å². The summed E-state index contributed by atoms with van der Waals surface area (Å²) < 4.78 is 30.1. The van der Waals surface area contributed by atoms with E-state index in [1.807, 2.05) is 0 Å². The van der Waals surface area contributed by atoms with Gasteiger partial charge in [-0.15, -0.1) is 0 Å². The van der Waals surface area contributed by atoms with Crippen molar-refractivity contribution < 1.29 is 28.5 Å². The summed E-state index contributed by atoms with van der Waals surface area (Å²) in [5, 5.41) is 17.4. The quantitative estimate of drug-likeness (QED) is 0.766. The van der Waals surface area contributed by atoms with Crippen LogP contribution < -0.4 is 5.73 Å². The Morgan fingerprint density at radius 2 is 1.96 bits per heavy atom. The molecule has 0 radical (unpaired) electrons. The number of aliphatic hydroxyl groups is 1. The molecule has 0 aliphatic heterocycles. The molecule has 24 heavy (non-hydrogen) atoms. The lowest BCUT2D eigenvalue weighted by atomic mass is 10.1. The van der Waals surface area contributed by atoms with Crippen LogP contribution in [0.15, 0.2) is 42.6 Å². The van der Waals surface area contributed by atoms with E-state index >= 15 is 0 Å². The van der Waals surface area contributed by atoms with Gasteiger partial charge in [0.2, 0.25) is 0 Å². The fourth-order valence-electron chi connectivity index (χ4n) is 1.73. The highest BCUT2D eigenvalue weighted by molar-refractivity contribution is 5.73. The summed E-state index contributed by atoms with van der Waals surface area (Å²) >= 11 is 0. The maximum atomic E-state index is 13.0. The largest absolute Gasteiger partial charge is 0.479 e. The van der Waals surface area contributed by atoms with E-state index in [2.05, 4.69) is 4.98 Å². The number of nitrogens with two attached hydrogens (primary N) is 1. The maximum absolute atomic E-state index is 13.0. The van der Waals surface area contributed by atoms with Gasteiger partial charge in [-0.1, -0.05) is 30.3 Å². The molecule has 1 heterocycles. The lowest BCUT2D eigenvalue weighted by Gasteiger charge is -2.09. The molecule has 4 N–H and O–H groups in total. The van der Waals surface area contributed by atoms with Gasteiger partial charge in [0, 0.05) is 13.2 Å². The first-order valence-corrected chi connectivity index (χ1v) is 6.88. The van der Waals surface area contributed by atoms with Crippen molar-refractivity contribution in [2.75, 3.05) is 13.7 Å². The standard InChI is InChI=1S/C8H10F2N2O.C8H8O3/c1-13-4-7(11)8-6(10)2-5(9)3-12-8;9-7(8(10)11)6-4-2-1-3-5-6/h2-3,7H,4,11H2,1H3;1-5,7,9H,(H,10,11)/t2*7-/m11/s1. The van der Waals surface area contributed by atoms with Crippen LogP contribution >= 0.6 is 0 Å². The van der Waals surface area contributed by atoms with Crippen LogP contribution in [0.1, 0.15) is 23.4 Å². The van der Waals surface area contributed by atoms with Crippen molar-refractivity contribution in [3.05, 3.63) is 65.5 Å². The number of pyridine rings is 1. The summed E-state index contributed by atoms with van der Waals surface area (Å²) in [5.74, 6) is -2.69. The molecule has 0 aliphatic rings. The molecule has 0 aliphatic carbocycles. The predicted octanol–water partition coefficient (Wildman–Crippen LogP) is 1.81. The first-order chi connectivity index (χ1) is 11.4. The van der Waals surface area contributed by atoms with Crippen LogP contribution in [0, 0.1) is 11.6 Å². The number of aliphatic carboxylic acids is 1. The molecule has 130 valence electrons. The van der Waals surface area contributed by atoms with Crippen LogP contribution in [-0.2, 0) is 9.53 Å². The molecule has 0 unspecified atom stereocenters. The third-order valence-electron chi connectivity index (χ3n) is 2.88. The molecule has 2 rings (SSSR count). The number of rotatable bonds is 5. The zero-order valence-corrected chi connectivity index (χ0v) is 12.9.